The number of nitro benzene ring substituents is 1. The summed E-state index contributed by atoms with van der Waals surface area (Å²) in [5.74, 6) is -3.34. The summed E-state index contributed by atoms with van der Waals surface area (Å²) in [6.07, 6.45) is 0. The largest absolute Gasteiger partial charge is 0.290 e. The number of halogens is 2. The van der Waals surface area contributed by atoms with E-state index in [0.717, 1.165) is 17.5 Å². The molecule has 0 heterocycles. The van der Waals surface area contributed by atoms with Crippen LogP contribution in [-0.2, 0) is 15.9 Å². The first-order chi connectivity index (χ1) is 12.6. The van der Waals surface area contributed by atoms with Gasteiger partial charge in [0.15, 0.2) is 4.90 Å². The van der Waals surface area contributed by atoms with Gasteiger partial charge in [-0.2, -0.15) is 0 Å². The highest BCUT2D eigenvalue weighted by molar-refractivity contribution is 7.92. The van der Waals surface area contributed by atoms with Gasteiger partial charge < -0.3 is 0 Å². The molecule has 0 amide bonds. The highest BCUT2D eigenvalue weighted by atomic mass is 32.2. The van der Waals surface area contributed by atoms with Crippen LogP contribution < -0.4 is 4.72 Å². The second-order valence-corrected chi connectivity index (χ2v) is 7.61. The Balaban J connectivity index is 2.11. The molecule has 6 nitrogen and oxygen atoms in total. The third kappa shape index (κ3) is 3.72. The van der Waals surface area contributed by atoms with Crippen molar-refractivity contribution in [1.29, 1.82) is 0 Å². The van der Waals surface area contributed by atoms with Crippen LogP contribution in [0.25, 0.3) is 10.8 Å². The molecular formula is C18H14F2N2O4S. The van der Waals surface area contributed by atoms with E-state index in [4.69, 9.17) is 0 Å². The molecule has 0 radical (unpaired) electrons. The van der Waals surface area contributed by atoms with Gasteiger partial charge in [-0.1, -0.05) is 42.5 Å². The fourth-order valence-electron chi connectivity index (χ4n) is 2.67. The smallest absolute Gasteiger partial charge is 0.279 e. The second-order valence-electron chi connectivity index (χ2n) is 5.96. The molecule has 140 valence electrons. The summed E-state index contributed by atoms with van der Waals surface area (Å²) in [7, 11) is -4.38. The average Bonchev–Trinajstić information content (AvgIpc) is 2.60. The number of hydrogen-bond acceptors (Lipinski definition) is 4. The summed E-state index contributed by atoms with van der Waals surface area (Å²) in [6.45, 7) is 0.578. The van der Waals surface area contributed by atoms with Gasteiger partial charge in [0.1, 0.15) is 0 Å². The van der Waals surface area contributed by atoms with Crippen molar-refractivity contribution in [2.75, 3.05) is 4.72 Å². The minimum absolute atomic E-state index is 0.229. The number of anilines is 1. The van der Waals surface area contributed by atoms with Gasteiger partial charge in [0.05, 0.1) is 10.6 Å². The third-order valence-corrected chi connectivity index (χ3v) is 5.40. The number of hydrogen-bond donors (Lipinski definition) is 1. The number of rotatable bonds is 5. The highest BCUT2D eigenvalue weighted by Crippen LogP contribution is 2.34. The van der Waals surface area contributed by atoms with Gasteiger partial charge in [0.2, 0.25) is 0 Å². The normalized spacial score (nSPS) is 12.1. The zero-order valence-electron chi connectivity index (χ0n) is 14.0. The van der Waals surface area contributed by atoms with Crippen molar-refractivity contribution in [3.63, 3.8) is 0 Å². The van der Waals surface area contributed by atoms with Crippen molar-refractivity contribution >= 4 is 32.2 Å². The molecule has 0 atom stereocenters. The van der Waals surface area contributed by atoms with E-state index in [9.17, 15) is 27.3 Å². The van der Waals surface area contributed by atoms with Crippen LogP contribution in [0.1, 0.15) is 12.5 Å². The highest BCUT2D eigenvalue weighted by Gasteiger charge is 2.32. The number of nitrogens with one attached hydrogen (secondary N) is 1. The number of benzene rings is 3. The molecule has 0 spiro atoms. The predicted octanol–water partition coefficient (Wildman–Crippen LogP) is 4.66. The van der Waals surface area contributed by atoms with Gasteiger partial charge >= 0.3 is 0 Å². The van der Waals surface area contributed by atoms with Crippen LogP contribution in [0, 0.1) is 10.1 Å². The number of alkyl halides is 2. The van der Waals surface area contributed by atoms with Gasteiger partial charge in [-0.3, -0.25) is 14.8 Å². The molecular weight excluding hydrogens is 378 g/mol. The molecule has 3 rings (SSSR count). The molecule has 3 aromatic carbocycles. The van der Waals surface area contributed by atoms with E-state index in [-0.39, 0.29) is 5.69 Å². The Hall–Kier alpha value is -3.07. The maximum absolute atomic E-state index is 13.5. The van der Waals surface area contributed by atoms with Crippen LogP contribution in [0.4, 0.5) is 20.2 Å². The first-order valence-electron chi connectivity index (χ1n) is 7.77. The monoisotopic (exact) mass is 392 g/mol. The fraction of sp³-hybridized carbons (Fsp3) is 0.111. The first-order valence-corrected chi connectivity index (χ1v) is 9.25. The Bertz CT molecular complexity index is 1140. The number of fused-ring (bicyclic) bond motifs is 1. The fourth-order valence-corrected chi connectivity index (χ4v) is 3.91. The lowest BCUT2D eigenvalue weighted by Crippen LogP contribution is -2.16. The molecule has 0 unspecified atom stereocenters. The van der Waals surface area contributed by atoms with Gasteiger partial charge in [0.25, 0.3) is 21.6 Å². The van der Waals surface area contributed by atoms with E-state index >= 15 is 0 Å². The number of nitro groups is 1. The molecule has 0 saturated heterocycles. The molecule has 27 heavy (non-hydrogen) atoms. The lowest BCUT2D eigenvalue weighted by molar-refractivity contribution is -0.388. The van der Waals surface area contributed by atoms with Gasteiger partial charge in [0, 0.05) is 23.9 Å². The molecule has 0 aliphatic rings. The van der Waals surface area contributed by atoms with Crippen molar-refractivity contribution in [3.05, 3.63) is 76.3 Å². The summed E-state index contributed by atoms with van der Waals surface area (Å²) in [6, 6.07) is 14.2. The Morgan fingerprint density at radius 3 is 2.37 bits per heavy atom. The van der Waals surface area contributed by atoms with Crippen molar-refractivity contribution in [1.82, 2.24) is 0 Å². The Morgan fingerprint density at radius 1 is 1.04 bits per heavy atom. The van der Waals surface area contributed by atoms with Crippen molar-refractivity contribution < 1.29 is 22.1 Å². The molecule has 0 aromatic heterocycles. The second kappa shape index (κ2) is 6.58. The summed E-state index contributed by atoms with van der Waals surface area (Å²) < 4.78 is 54.7. The van der Waals surface area contributed by atoms with E-state index in [1.165, 1.54) is 6.07 Å². The summed E-state index contributed by atoms with van der Waals surface area (Å²) >= 11 is 0. The minimum atomic E-state index is -4.38. The van der Waals surface area contributed by atoms with Crippen LogP contribution in [0.2, 0.25) is 0 Å². The molecule has 9 heteroatoms. The van der Waals surface area contributed by atoms with Gasteiger partial charge in [-0.05, 0) is 17.5 Å². The van der Waals surface area contributed by atoms with E-state index < -0.39 is 37.0 Å². The topological polar surface area (TPSA) is 89.3 Å². The maximum Gasteiger partial charge on any atom is 0.290 e. The molecule has 0 fully saturated rings. The summed E-state index contributed by atoms with van der Waals surface area (Å²) in [5.41, 5.74) is -1.33. The Labute approximate surface area is 153 Å². The molecule has 1 N–H and O–H groups in total. The van der Waals surface area contributed by atoms with E-state index in [1.807, 2.05) is 0 Å². The first kappa shape index (κ1) is 18.7. The molecule has 0 aliphatic heterocycles. The summed E-state index contributed by atoms with van der Waals surface area (Å²) in [4.78, 5) is 9.60. The van der Waals surface area contributed by atoms with Crippen LogP contribution in [-0.4, -0.2) is 13.3 Å². The summed E-state index contributed by atoms with van der Waals surface area (Å²) in [5, 5.41) is 12.7. The van der Waals surface area contributed by atoms with Crippen LogP contribution in [0.5, 0.6) is 0 Å². The zero-order valence-corrected chi connectivity index (χ0v) is 14.8. The number of sulfonamides is 1. The lowest BCUT2D eigenvalue weighted by atomic mass is 10.1. The molecule has 0 bridgehead atoms. The maximum atomic E-state index is 13.5. The zero-order chi connectivity index (χ0) is 19.8. The Morgan fingerprint density at radius 2 is 1.70 bits per heavy atom. The predicted molar refractivity (Wildman–Crippen MR) is 97.4 cm³/mol. The minimum Gasteiger partial charge on any atom is -0.279 e. The van der Waals surface area contributed by atoms with Crippen LogP contribution in [0.15, 0.2) is 65.6 Å². The standard InChI is InChI=1S/C18H14F2N2O4S/c1-18(19,20)13-9-10-17(16(11-13)22(23)24)27(25,26)21-15-8-4-6-12-5-2-3-7-14(12)15/h2-11,21H,1H3. The van der Waals surface area contributed by atoms with Crippen molar-refractivity contribution in [2.24, 2.45) is 0 Å². The van der Waals surface area contributed by atoms with E-state index in [1.54, 1.807) is 36.4 Å². The van der Waals surface area contributed by atoms with Gasteiger partial charge in [-0.15, -0.1) is 0 Å². The quantitative estimate of drug-likeness (QED) is 0.505. The van der Waals surface area contributed by atoms with Crippen LogP contribution >= 0.6 is 0 Å². The SMILES string of the molecule is CC(F)(F)c1ccc(S(=O)(=O)Nc2cccc3ccccc23)c([N+](=O)[O-])c1. The lowest BCUT2D eigenvalue weighted by Gasteiger charge is -2.14. The van der Waals surface area contributed by atoms with E-state index in [2.05, 4.69) is 4.72 Å². The van der Waals surface area contributed by atoms with Gasteiger partial charge in [-0.25, -0.2) is 17.2 Å². The van der Waals surface area contributed by atoms with Crippen molar-refractivity contribution in [3.8, 4) is 0 Å². The Kier molecular flexibility index (Phi) is 4.56. The third-order valence-electron chi connectivity index (χ3n) is 3.99. The average molecular weight is 392 g/mol. The molecule has 0 saturated carbocycles. The van der Waals surface area contributed by atoms with Crippen LogP contribution in [0.3, 0.4) is 0 Å². The number of nitrogens with zero attached hydrogens (tertiary/aromatic N) is 1. The molecule has 3 aromatic rings. The van der Waals surface area contributed by atoms with E-state index in [0.29, 0.717) is 18.4 Å². The molecule has 0 aliphatic carbocycles. The van der Waals surface area contributed by atoms with Crippen molar-refractivity contribution in [2.45, 2.75) is 17.7 Å².